The predicted molar refractivity (Wildman–Crippen MR) is 70.7 cm³/mol. The quantitative estimate of drug-likeness (QED) is 0.765. The molecule has 0 aliphatic rings. The summed E-state index contributed by atoms with van der Waals surface area (Å²) in [5, 5.41) is 7.31. The summed E-state index contributed by atoms with van der Waals surface area (Å²) in [6.45, 7) is 0.670. The number of aromatic nitrogens is 5. The molecule has 2 aromatic heterocycles. The van der Waals surface area contributed by atoms with Crippen molar-refractivity contribution < 1.29 is 0 Å². The summed E-state index contributed by atoms with van der Waals surface area (Å²) in [7, 11) is 0. The van der Waals surface area contributed by atoms with Gasteiger partial charge < -0.3 is 5.32 Å². The summed E-state index contributed by atoms with van der Waals surface area (Å²) in [6, 6.07) is 10.0. The van der Waals surface area contributed by atoms with Gasteiger partial charge in [0.15, 0.2) is 0 Å². The van der Waals surface area contributed by atoms with Gasteiger partial charge in [0, 0.05) is 18.9 Å². The summed E-state index contributed by atoms with van der Waals surface area (Å²) < 4.78 is 1.82. The van der Waals surface area contributed by atoms with E-state index >= 15 is 0 Å². The minimum absolute atomic E-state index is 0.575. The lowest BCUT2D eigenvalue weighted by Crippen LogP contribution is -2.03. The van der Waals surface area contributed by atoms with Gasteiger partial charge in [-0.1, -0.05) is 12.1 Å². The van der Waals surface area contributed by atoms with Crippen LogP contribution in [0.4, 0.5) is 5.95 Å². The van der Waals surface area contributed by atoms with Gasteiger partial charge in [0.2, 0.25) is 5.95 Å². The summed E-state index contributed by atoms with van der Waals surface area (Å²) >= 11 is 0. The van der Waals surface area contributed by atoms with E-state index in [0.717, 1.165) is 11.3 Å². The van der Waals surface area contributed by atoms with Crippen LogP contribution < -0.4 is 5.32 Å². The van der Waals surface area contributed by atoms with Gasteiger partial charge in [0.05, 0.1) is 5.69 Å². The number of rotatable bonds is 4. The fourth-order valence-corrected chi connectivity index (χ4v) is 1.70. The number of nitrogens with zero attached hydrogens (tertiary/aromatic N) is 5. The molecule has 3 rings (SSSR count). The van der Waals surface area contributed by atoms with Gasteiger partial charge in [-0.15, -0.1) is 0 Å². The van der Waals surface area contributed by atoms with E-state index in [2.05, 4.69) is 25.4 Å². The lowest BCUT2D eigenvalue weighted by Gasteiger charge is -2.05. The van der Waals surface area contributed by atoms with Crippen LogP contribution in [0.3, 0.4) is 0 Å². The molecule has 0 spiro atoms. The van der Waals surface area contributed by atoms with Crippen molar-refractivity contribution in [3.8, 4) is 5.69 Å². The van der Waals surface area contributed by atoms with E-state index < -0.39 is 0 Å². The third kappa shape index (κ3) is 2.74. The first-order valence-electron chi connectivity index (χ1n) is 5.87. The summed E-state index contributed by atoms with van der Waals surface area (Å²) in [5.41, 5.74) is 2.19. The van der Waals surface area contributed by atoms with Gasteiger partial charge >= 0.3 is 0 Å². The normalized spacial score (nSPS) is 10.3. The van der Waals surface area contributed by atoms with Crippen LogP contribution in [0.15, 0.2) is 55.4 Å². The number of nitrogens with one attached hydrogen (secondary N) is 1. The van der Waals surface area contributed by atoms with Crippen LogP contribution in [0, 0.1) is 0 Å². The average molecular weight is 252 g/mol. The second-order valence-corrected chi connectivity index (χ2v) is 3.93. The van der Waals surface area contributed by atoms with E-state index in [4.69, 9.17) is 0 Å². The molecule has 0 unspecified atom stereocenters. The third-order valence-electron chi connectivity index (χ3n) is 2.65. The lowest BCUT2D eigenvalue weighted by atomic mass is 10.2. The number of benzene rings is 1. The number of hydrogen-bond acceptors (Lipinski definition) is 5. The molecule has 0 amide bonds. The highest BCUT2D eigenvalue weighted by Crippen LogP contribution is 2.09. The highest BCUT2D eigenvalue weighted by atomic mass is 15.3. The SMILES string of the molecule is c1cnn(-c2ccc(CNc3ncncn3)cc2)c1. The molecule has 0 saturated heterocycles. The highest BCUT2D eigenvalue weighted by molar-refractivity contribution is 5.35. The van der Waals surface area contributed by atoms with Crippen molar-refractivity contribution in [3.63, 3.8) is 0 Å². The highest BCUT2D eigenvalue weighted by Gasteiger charge is 1.98. The molecule has 6 nitrogen and oxygen atoms in total. The first kappa shape index (κ1) is 11.3. The molecular formula is C13H12N6. The third-order valence-corrected chi connectivity index (χ3v) is 2.65. The van der Waals surface area contributed by atoms with Gasteiger partial charge in [-0.05, 0) is 23.8 Å². The maximum absolute atomic E-state index is 4.18. The molecule has 0 bridgehead atoms. The summed E-state index contributed by atoms with van der Waals surface area (Å²) in [5.74, 6) is 0.575. The van der Waals surface area contributed by atoms with E-state index in [1.165, 1.54) is 12.7 Å². The molecule has 0 aliphatic carbocycles. The van der Waals surface area contributed by atoms with Crippen LogP contribution in [0.5, 0.6) is 0 Å². The first-order valence-corrected chi connectivity index (χ1v) is 5.87. The zero-order chi connectivity index (χ0) is 12.9. The molecule has 0 fully saturated rings. The van der Waals surface area contributed by atoms with E-state index in [1.807, 2.05) is 41.2 Å². The molecule has 1 aromatic carbocycles. The Bertz CT molecular complexity index is 618. The van der Waals surface area contributed by atoms with Crippen LogP contribution >= 0.6 is 0 Å². The van der Waals surface area contributed by atoms with Crippen LogP contribution in [-0.2, 0) is 6.54 Å². The Morgan fingerprint density at radius 2 is 1.84 bits per heavy atom. The minimum atomic E-state index is 0.575. The fraction of sp³-hybridized carbons (Fsp3) is 0.0769. The van der Waals surface area contributed by atoms with Crippen molar-refractivity contribution in [1.29, 1.82) is 0 Å². The van der Waals surface area contributed by atoms with E-state index in [1.54, 1.807) is 6.20 Å². The van der Waals surface area contributed by atoms with Gasteiger partial charge in [-0.25, -0.2) is 19.6 Å². The molecule has 94 valence electrons. The maximum Gasteiger partial charge on any atom is 0.225 e. The van der Waals surface area contributed by atoms with Crippen molar-refractivity contribution in [2.45, 2.75) is 6.54 Å². The Morgan fingerprint density at radius 1 is 1.05 bits per heavy atom. The Labute approximate surface area is 110 Å². The predicted octanol–water partition coefficient (Wildman–Crippen LogP) is 1.67. The van der Waals surface area contributed by atoms with E-state index in [-0.39, 0.29) is 0 Å². The van der Waals surface area contributed by atoms with Crippen LogP contribution in [0.2, 0.25) is 0 Å². The van der Waals surface area contributed by atoms with Crippen molar-refractivity contribution in [2.75, 3.05) is 5.32 Å². The van der Waals surface area contributed by atoms with Gasteiger partial charge in [-0.3, -0.25) is 0 Å². The van der Waals surface area contributed by atoms with Crippen molar-refractivity contribution in [1.82, 2.24) is 24.7 Å². The molecule has 3 aromatic rings. The summed E-state index contributed by atoms with van der Waals surface area (Å²) in [4.78, 5) is 11.8. The molecule has 6 heteroatoms. The Kier molecular flexibility index (Phi) is 3.14. The van der Waals surface area contributed by atoms with Crippen molar-refractivity contribution in [3.05, 3.63) is 60.9 Å². The topological polar surface area (TPSA) is 68.5 Å². The maximum atomic E-state index is 4.18. The lowest BCUT2D eigenvalue weighted by molar-refractivity contribution is 0.879. The number of anilines is 1. The Hall–Kier alpha value is -2.76. The van der Waals surface area contributed by atoms with Gasteiger partial charge in [-0.2, -0.15) is 5.10 Å². The first-order chi connectivity index (χ1) is 9.42. The molecule has 1 N–H and O–H groups in total. The number of hydrogen-bond donors (Lipinski definition) is 1. The second-order valence-electron chi connectivity index (χ2n) is 3.93. The van der Waals surface area contributed by atoms with Gasteiger partial charge in [0.1, 0.15) is 12.7 Å². The molecule has 0 saturated carbocycles. The van der Waals surface area contributed by atoms with Crippen molar-refractivity contribution >= 4 is 5.95 Å². The monoisotopic (exact) mass is 252 g/mol. The van der Waals surface area contributed by atoms with Crippen LogP contribution in [-0.4, -0.2) is 24.7 Å². The summed E-state index contributed by atoms with van der Waals surface area (Å²) in [6.07, 6.45) is 6.61. The molecule has 0 aliphatic heterocycles. The molecular weight excluding hydrogens is 240 g/mol. The zero-order valence-electron chi connectivity index (χ0n) is 10.1. The average Bonchev–Trinajstić information content (AvgIpc) is 3.01. The molecule has 0 radical (unpaired) electrons. The zero-order valence-corrected chi connectivity index (χ0v) is 10.1. The minimum Gasteiger partial charge on any atom is -0.350 e. The smallest absolute Gasteiger partial charge is 0.225 e. The van der Waals surface area contributed by atoms with Crippen LogP contribution in [0.1, 0.15) is 5.56 Å². The van der Waals surface area contributed by atoms with Crippen LogP contribution in [0.25, 0.3) is 5.69 Å². The largest absolute Gasteiger partial charge is 0.350 e. The molecule has 2 heterocycles. The van der Waals surface area contributed by atoms with Gasteiger partial charge in [0.25, 0.3) is 0 Å². The fourth-order valence-electron chi connectivity index (χ4n) is 1.70. The Balaban J connectivity index is 1.67. The second kappa shape index (κ2) is 5.26. The Morgan fingerprint density at radius 3 is 2.53 bits per heavy atom. The van der Waals surface area contributed by atoms with E-state index in [9.17, 15) is 0 Å². The molecule has 19 heavy (non-hydrogen) atoms. The van der Waals surface area contributed by atoms with Crippen molar-refractivity contribution in [2.24, 2.45) is 0 Å². The van der Waals surface area contributed by atoms with E-state index in [0.29, 0.717) is 12.5 Å². The molecule has 0 atom stereocenters. The standard InChI is InChI=1S/C13H12N6/c1-6-18-19(7-1)12-4-2-11(3-5-12)8-15-13-16-9-14-10-17-13/h1-7,9-10H,8H2,(H,14,15,16,17).